The summed E-state index contributed by atoms with van der Waals surface area (Å²) in [5.41, 5.74) is 4.22. The number of sulfone groups is 1. The molecule has 0 saturated heterocycles. The van der Waals surface area contributed by atoms with Crippen molar-refractivity contribution in [3.63, 3.8) is 0 Å². The Morgan fingerprint density at radius 3 is 2.33 bits per heavy atom. The van der Waals surface area contributed by atoms with Gasteiger partial charge in [-0.3, -0.25) is 4.68 Å². The van der Waals surface area contributed by atoms with Crippen LogP contribution in [0.3, 0.4) is 0 Å². The van der Waals surface area contributed by atoms with Crippen LogP contribution in [0.1, 0.15) is 31.0 Å². The Morgan fingerprint density at radius 1 is 1.19 bits per heavy atom. The fourth-order valence-electron chi connectivity index (χ4n) is 2.10. The molecule has 0 aliphatic rings. The lowest BCUT2D eigenvalue weighted by Gasteiger charge is -2.07. The Morgan fingerprint density at radius 2 is 1.81 bits per heavy atom. The van der Waals surface area contributed by atoms with E-state index in [1.165, 1.54) is 11.8 Å². The van der Waals surface area contributed by atoms with E-state index in [4.69, 9.17) is 0 Å². The van der Waals surface area contributed by atoms with Crippen molar-refractivity contribution in [1.29, 1.82) is 0 Å². The second-order valence-corrected chi connectivity index (χ2v) is 8.09. The summed E-state index contributed by atoms with van der Waals surface area (Å²) in [6.07, 6.45) is 1.26. The third kappa shape index (κ3) is 4.17. The van der Waals surface area contributed by atoms with E-state index in [-0.39, 0.29) is 5.75 Å². The van der Waals surface area contributed by atoms with Gasteiger partial charge in [0.15, 0.2) is 0 Å². The van der Waals surface area contributed by atoms with Crippen molar-refractivity contribution in [3.8, 4) is 11.3 Å². The Labute approximate surface area is 126 Å². The topological polar surface area (TPSA) is 52.0 Å². The molecule has 21 heavy (non-hydrogen) atoms. The zero-order chi connectivity index (χ0) is 15.6. The van der Waals surface area contributed by atoms with E-state index in [1.54, 1.807) is 4.68 Å². The van der Waals surface area contributed by atoms with Gasteiger partial charge in [-0.2, -0.15) is 5.10 Å². The van der Waals surface area contributed by atoms with Crippen LogP contribution in [0.25, 0.3) is 11.3 Å². The fraction of sp³-hybridized carbons (Fsp3) is 0.438. The molecule has 0 aliphatic carbocycles. The van der Waals surface area contributed by atoms with Crippen molar-refractivity contribution < 1.29 is 8.42 Å². The lowest BCUT2D eigenvalue weighted by atomic mass is 10.1. The van der Waals surface area contributed by atoms with Crippen LogP contribution < -0.4 is 0 Å². The minimum Gasteiger partial charge on any atom is -0.264 e. The molecule has 0 bridgehead atoms. The predicted molar refractivity (Wildman–Crippen MR) is 86.2 cm³/mol. The number of nitrogens with zero attached hydrogens (tertiary/aromatic N) is 2. The van der Waals surface area contributed by atoms with Crippen LogP contribution in [-0.2, 0) is 16.4 Å². The maximum atomic E-state index is 11.4. The quantitative estimate of drug-likeness (QED) is 0.853. The predicted octanol–water partition coefficient (Wildman–Crippen LogP) is 3.03. The zero-order valence-corrected chi connectivity index (χ0v) is 13.8. The van der Waals surface area contributed by atoms with Gasteiger partial charge in [0.05, 0.1) is 23.7 Å². The first kappa shape index (κ1) is 15.8. The number of hydrogen-bond donors (Lipinski definition) is 0. The maximum absolute atomic E-state index is 11.4. The highest BCUT2D eigenvalue weighted by Gasteiger charge is 2.13. The van der Waals surface area contributed by atoms with Crippen LogP contribution in [0.2, 0.25) is 0 Å². The standard InChI is InChI=1S/C16H22N2O2S/c1-12(2)15-11-16(14-7-5-13(3)6-8-14)18(17-15)9-10-21(4,19)20/h5-8,11-12H,9-10H2,1-4H3. The smallest absolute Gasteiger partial charge is 0.149 e. The van der Waals surface area contributed by atoms with Gasteiger partial charge in [-0.25, -0.2) is 8.42 Å². The Balaban J connectivity index is 2.40. The van der Waals surface area contributed by atoms with Crippen molar-refractivity contribution >= 4 is 9.84 Å². The molecule has 0 unspecified atom stereocenters. The molecule has 2 aromatic rings. The Hall–Kier alpha value is -1.62. The minimum atomic E-state index is -3.00. The largest absolute Gasteiger partial charge is 0.264 e. The number of rotatable bonds is 5. The first-order valence-electron chi connectivity index (χ1n) is 7.09. The molecule has 0 aliphatic heterocycles. The monoisotopic (exact) mass is 306 g/mol. The van der Waals surface area contributed by atoms with Crippen molar-refractivity contribution in [2.75, 3.05) is 12.0 Å². The average molecular weight is 306 g/mol. The summed E-state index contributed by atoms with van der Waals surface area (Å²) in [5.74, 6) is 0.416. The van der Waals surface area contributed by atoms with E-state index < -0.39 is 9.84 Å². The van der Waals surface area contributed by atoms with E-state index in [2.05, 4.69) is 37.1 Å². The summed E-state index contributed by atoms with van der Waals surface area (Å²) in [4.78, 5) is 0. The average Bonchev–Trinajstić information content (AvgIpc) is 2.81. The van der Waals surface area contributed by atoms with Crippen LogP contribution in [0, 0.1) is 6.92 Å². The van der Waals surface area contributed by atoms with E-state index in [1.807, 2.05) is 19.1 Å². The Kier molecular flexibility index (Phi) is 4.52. The van der Waals surface area contributed by atoms with Gasteiger partial charge in [0.2, 0.25) is 0 Å². The summed E-state index contributed by atoms with van der Waals surface area (Å²) >= 11 is 0. The van der Waals surface area contributed by atoms with Crippen LogP contribution in [0.15, 0.2) is 30.3 Å². The van der Waals surface area contributed by atoms with Crippen LogP contribution in [0.5, 0.6) is 0 Å². The van der Waals surface area contributed by atoms with Crippen LogP contribution in [0.4, 0.5) is 0 Å². The molecule has 4 nitrogen and oxygen atoms in total. The van der Waals surface area contributed by atoms with Gasteiger partial charge in [-0.15, -0.1) is 0 Å². The van der Waals surface area contributed by atoms with E-state index in [0.29, 0.717) is 12.5 Å². The van der Waals surface area contributed by atoms with Gasteiger partial charge >= 0.3 is 0 Å². The summed E-state index contributed by atoms with van der Waals surface area (Å²) < 4.78 is 24.6. The lowest BCUT2D eigenvalue weighted by Crippen LogP contribution is -2.13. The highest BCUT2D eigenvalue weighted by atomic mass is 32.2. The highest BCUT2D eigenvalue weighted by Crippen LogP contribution is 2.24. The molecule has 1 aromatic heterocycles. The van der Waals surface area contributed by atoms with Gasteiger partial charge in [0.1, 0.15) is 9.84 Å². The van der Waals surface area contributed by atoms with Gasteiger partial charge in [0.25, 0.3) is 0 Å². The summed E-state index contributed by atoms with van der Waals surface area (Å²) in [5, 5.41) is 4.56. The van der Waals surface area contributed by atoms with E-state index in [9.17, 15) is 8.42 Å². The number of aryl methyl sites for hydroxylation is 2. The number of benzene rings is 1. The first-order valence-corrected chi connectivity index (χ1v) is 9.15. The minimum absolute atomic E-state index is 0.102. The van der Waals surface area contributed by atoms with Crippen molar-refractivity contribution in [2.45, 2.75) is 33.2 Å². The highest BCUT2D eigenvalue weighted by molar-refractivity contribution is 7.90. The van der Waals surface area contributed by atoms with Crippen molar-refractivity contribution in [1.82, 2.24) is 9.78 Å². The fourth-order valence-corrected chi connectivity index (χ4v) is 2.60. The number of hydrogen-bond acceptors (Lipinski definition) is 3. The molecular formula is C16H22N2O2S. The SMILES string of the molecule is Cc1ccc(-c2cc(C(C)C)nn2CCS(C)(=O)=O)cc1. The molecule has 0 N–H and O–H groups in total. The molecule has 0 spiro atoms. The van der Waals surface area contributed by atoms with Crippen LogP contribution in [-0.4, -0.2) is 30.2 Å². The van der Waals surface area contributed by atoms with Gasteiger partial charge in [0, 0.05) is 6.26 Å². The van der Waals surface area contributed by atoms with E-state index >= 15 is 0 Å². The number of aromatic nitrogens is 2. The lowest BCUT2D eigenvalue weighted by molar-refractivity contribution is 0.584. The van der Waals surface area contributed by atoms with Crippen molar-refractivity contribution in [3.05, 3.63) is 41.6 Å². The molecular weight excluding hydrogens is 284 g/mol. The molecule has 0 amide bonds. The van der Waals surface area contributed by atoms with E-state index in [0.717, 1.165) is 17.0 Å². The molecule has 1 heterocycles. The second kappa shape index (κ2) is 6.02. The zero-order valence-electron chi connectivity index (χ0n) is 13.0. The van der Waals surface area contributed by atoms with Crippen molar-refractivity contribution in [2.24, 2.45) is 0 Å². The molecule has 0 saturated carbocycles. The summed E-state index contributed by atoms with van der Waals surface area (Å²) in [6, 6.07) is 10.3. The van der Waals surface area contributed by atoms with Gasteiger partial charge in [-0.1, -0.05) is 43.7 Å². The Bertz CT molecular complexity index is 713. The molecule has 1 aromatic carbocycles. The molecule has 2 rings (SSSR count). The third-order valence-corrected chi connectivity index (χ3v) is 4.34. The van der Waals surface area contributed by atoms with Gasteiger partial charge < -0.3 is 0 Å². The molecule has 0 radical (unpaired) electrons. The normalized spacial score (nSPS) is 12.0. The summed E-state index contributed by atoms with van der Waals surface area (Å²) in [6.45, 7) is 6.60. The summed E-state index contributed by atoms with van der Waals surface area (Å²) in [7, 11) is -3.00. The third-order valence-electron chi connectivity index (χ3n) is 3.41. The first-order chi connectivity index (χ1) is 9.76. The molecule has 114 valence electrons. The second-order valence-electron chi connectivity index (χ2n) is 5.83. The van der Waals surface area contributed by atoms with Gasteiger partial charge in [-0.05, 0) is 24.5 Å². The molecule has 0 atom stereocenters. The molecule has 0 fully saturated rings. The van der Waals surface area contributed by atoms with Crippen LogP contribution >= 0.6 is 0 Å². The molecule has 5 heteroatoms. The maximum Gasteiger partial charge on any atom is 0.149 e.